The maximum atomic E-state index is 12.7. The fraction of sp³-hybridized carbons (Fsp3) is 0.273. The summed E-state index contributed by atoms with van der Waals surface area (Å²) in [6, 6.07) is 14.9. The van der Waals surface area contributed by atoms with Crippen LogP contribution in [0.25, 0.3) is 11.5 Å². The van der Waals surface area contributed by atoms with Gasteiger partial charge in [0.05, 0.1) is 0 Å². The van der Waals surface area contributed by atoms with E-state index < -0.39 is 0 Å². The number of carbonyl (C=O) groups is 2. The van der Waals surface area contributed by atoms with Crippen LogP contribution in [0.5, 0.6) is 0 Å². The quantitative estimate of drug-likeness (QED) is 0.736. The van der Waals surface area contributed by atoms with Gasteiger partial charge in [0.15, 0.2) is 0 Å². The number of likely N-dealkylation sites (tertiary alicyclic amines) is 1. The van der Waals surface area contributed by atoms with E-state index in [9.17, 15) is 9.59 Å². The van der Waals surface area contributed by atoms with E-state index in [1.54, 1.807) is 0 Å². The minimum absolute atomic E-state index is 0.0318. The van der Waals surface area contributed by atoms with Crippen molar-refractivity contribution in [1.82, 2.24) is 15.1 Å². The highest BCUT2D eigenvalue weighted by atomic mass is 16.4. The lowest BCUT2D eigenvalue weighted by Gasteiger charge is -2.31. The summed E-state index contributed by atoms with van der Waals surface area (Å²) in [6.07, 6.45) is 2.56. The first-order valence-electron chi connectivity index (χ1n) is 9.64. The van der Waals surface area contributed by atoms with E-state index in [0.29, 0.717) is 37.5 Å². The minimum atomic E-state index is -0.122. The molecule has 0 unspecified atom stereocenters. The average Bonchev–Trinajstić information content (AvgIpc) is 3.29. The van der Waals surface area contributed by atoms with Crippen molar-refractivity contribution in [3.05, 3.63) is 66.1 Å². The molecule has 0 radical (unpaired) electrons. The number of hydrogen-bond donors (Lipinski definition) is 1. The number of aromatic nitrogens is 2. The van der Waals surface area contributed by atoms with Gasteiger partial charge in [0.25, 0.3) is 5.91 Å². The van der Waals surface area contributed by atoms with Gasteiger partial charge in [-0.1, -0.05) is 24.3 Å². The topological polar surface area (TPSA) is 88.3 Å². The van der Waals surface area contributed by atoms with Crippen molar-refractivity contribution in [2.75, 3.05) is 18.4 Å². The minimum Gasteiger partial charge on any atom is -0.423 e. The van der Waals surface area contributed by atoms with Crippen LogP contribution in [0, 0.1) is 12.8 Å². The largest absolute Gasteiger partial charge is 0.423 e. The van der Waals surface area contributed by atoms with Crippen molar-refractivity contribution in [2.45, 2.75) is 19.8 Å². The molecule has 1 fully saturated rings. The third kappa shape index (κ3) is 4.18. The zero-order valence-corrected chi connectivity index (χ0v) is 16.2. The molecule has 1 aliphatic heterocycles. The maximum absolute atomic E-state index is 12.7. The monoisotopic (exact) mass is 390 g/mol. The highest BCUT2D eigenvalue weighted by molar-refractivity contribution is 5.96. The van der Waals surface area contributed by atoms with Crippen LogP contribution in [0.15, 0.2) is 59.3 Å². The summed E-state index contributed by atoms with van der Waals surface area (Å²) < 4.78 is 5.20. The highest BCUT2D eigenvalue weighted by Gasteiger charge is 2.28. The molecule has 7 heteroatoms. The number of piperidine rings is 1. The standard InChI is InChI=1S/C22H22N4O3/c1-15-5-2-3-8-19(15)22(28)26-11-9-16(10-12-26)20(27)24-18-7-4-6-17(13-18)21-25-23-14-29-21/h2-8,13-14,16H,9-12H2,1H3,(H,24,27). The number of carbonyl (C=O) groups excluding carboxylic acids is 2. The molecule has 2 aromatic carbocycles. The van der Waals surface area contributed by atoms with Gasteiger partial charge < -0.3 is 14.6 Å². The van der Waals surface area contributed by atoms with E-state index in [-0.39, 0.29) is 17.7 Å². The Hall–Kier alpha value is -3.48. The van der Waals surface area contributed by atoms with Gasteiger partial charge in [0, 0.05) is 35.8 Å². The molecule has 1 aromatic heterocycles. The third-order valence-electron chi connectivity index (χ3n) is 5.27. The van der Waals surface area contributed by atoms with E-state index in [1.165, 1.54) is 6.39 Å². The molecule has 1 N–H and O–H groups in total. The summed E-state index contributed by atoms with van der Waals surface area (Å²) in [5, 5.41) is 10.5. The molecule has 4 rings (SSSR count). The Morgan fingerprint density at radius 3 is 2.62 bits per heavy atom. The zero-order chi connectivity index (χ0) is 20.2. The molecular formula is C22H22N4O3. The first-order valence-corrected chi connectivity index (χ1v) is 9.64. The van der Waals surface area contributed by atoms with Gasteiger partial charge in [-0.3, -0.25) is 9.59 Å². The first kappa shape index (κ1) is 18.9. The Morgan fingerprint density at radius 2 is 1.90 bits per heavy atom. The van der Waals surface area contributed by atoms with Crippen LogP contribution in [0.4, 0.5) is 5.69 Å². The maximum Gasteiger partial charge on any atom is 0.254 e. The molecular weight excluding hydrogens is 368 g/mol. The normalized spacial score (nSPS) is 14.6. The predicted molar refractivity (Wildman–Crippen MR) is 108 cm³/mol. The lowest BCUT2D eigenvalue weighted by atomic mass is 9.95. The van der Waals surface area contributed by atoms with Gasteiger partial charge in [-0.25, -0.2) is 0 Å². The lowest BCUT2D eigenvalue weighted by Crippen LogP contribution is -2.41. The molecule has 1 saturated heterocycles. The van der Waals surface area contributed by atoms with Crippen molar-refractivity contribution in [3.63, 3.8) is 0 Å². The third-order valence-corrected chi connectivity index (χ3v) is 5.27. The molecule has 0 spiro atoms. The second kappa shape index (κ2) is 8.26. The van der Waals surface area contributed by atoms with Gasteiger partial charge in [0.1, 0.15) is 0 Å². The van der Waals surface area contributed by atoms with Crippen LogP contribution in [0.2, 0.25) is 0 Å². The number of benzene rings is 2. The van der Waals surface area contributed by atoms with E-state index in [4.69, 9.17) is 4.42 Å². The molecule has 2 heterocycles. The van der Waals surface area contributed by atoms with Crippen molar-refractivity contribution < 1.29 is 14.0 Å². The van der Waals surface area contributed by atoms with Crippen LogP contribution < -0.4 is 5.32 Å². The Kier molecular flexibility index (Phi) is 5.37. The van der Waals surface area contributed by atoms with Gasteiger partial charge in [-0.05, 0) is 49.6 Å². The summed E-state index contributed by atoms with van der Waals surface area (Å²) >= 11 is 0. The van der Waals surface area contributed by atoms with Gasteiger partial charge in [-0.2, -0.15) is 0 Å². The van der Waals surface area contributed by atoms with E-state index in [1.807, 2.05) is 60.4 Å². The Bertz CT molecular complexity index is 1010. The molecule has 0 bridgehead atoms. The van der Waals surface area contributed by atoms with Crippen LogP contribution in [-0.4, -0.2) is 40.0 Å². The van der Waals surface area contributed by atoms with Crippen molar-refractivity contribution >= 4 is 17.5 Å². The molecule has 0 saturated carbocycles. The fourth-order valence-corrected chi connectivity index (χ4v) is 3.60. The molecule has 3 aromatic rings. The molecule has 1 aliphatic rings. The second-order valence-corrected chi connectivity index (χ2v) is 7.20. The summed E-state index contributed by atoms with van der Waals surface area (Å²) in [6.45, 7) is 3.09. The van der Waals surface area contributed by atoms with E-state index >= 15 is 0 Å². The summed E-state index contributed by atoms with van der Waals surface area (Å²) in [5.41, 5.74) is 3.13. The predicted octanol–water partition coefficient (Wildman–Crippen LogP) is 3.54. The number of nitrogens with one attached hydrogen (secondary N) is 1. The van der Waals surface area contributed by atoms with Crippen molar-refractivity contribution in [3.8, 4) is 11.5 Å². The molecule has 0 aliphatic carbocycles. The van der Waals surface area contributed by atoms with Gasteiger partial charge in [-0.15, -0.1) is 10.2 Å². The van der Waals surface area contributed by atoms with Crippen molar-refractivity contribution in [1.29, 1.82) is 0 Å². The van der Waals surface area contributed by atoms with Crippen LogP contribution in [0.1, 0.15) is 28.8 Å². The average molecular weight is 390 g/mol. The smallest absolute Gasteiger partial charge is 0.254 e. The summed E-state index contributed by atoms with van der Waals surface area (Å²) in [5.74, 6) is 0.289. The molecule has 29 heavy (non-hydrogen) atoms. The molecule has 2 amide bonds. The zero-order valence-electron chi connectivity index (χ0n) is 16.2. The lowest BCUT2D eigenvalue weighted by molar-refractivity contribution is -0.121. The number of amides is 2. The second-order valence-electron chi connectivity index (χ2n) is 7.20. The molecule has 148 valence electrons. The Morgan fingerprint density at radius 1 is 1.10 bits per heavy atom. The SMILES string of the molecule is Cc1ccccc1C(=O)N1CCC(C(=O)Nc2cccc(-c3nnco3)c2)CC1. The van der Waals surface area contributed by atoms with Crippen LogP contribution in [0.3, 0.4) is 0 Å². The number of rotatable bonds is 4. The number of hydrogen-bond acceptors (Lipinski definition) is 5. The molecule has 0 atom stereocenters. The fourth-order valence-electron chi connectivity index (χ4n) is 3.60. The van der Waals surface area contributed by atoms with Gasteiger partial charge in [0.2, 0.25) is 18.2 Å². The Balaban J connectivity index is 1.35. The first-order chi connectivity index (χ1) is 14.1. The number of nitrogens with zero attached hydrogens (tertiary/aromatic N) is 3. The molecule has 7 nitrogen and oxygen atoms in total. The highest BCUT2D eigenvalue weighted by Crippen LogP contribution is 2.24. The number of aryl methyl sites for hydroxylation is 1. The van der Waals surface area contributed by atoms with E-state index in [2.05, 4.69) is 15.5 Å². The van der Waals surface area contributed by atoms with Crippen molar-refractivity contribution in [2.24, 2.45) is 5.92 Å². The number of anilines is 1. The van der Waals surface area contributed by atoms with Crippen LogP contribution in [-0.2, 0) is 4.79 Å². The summed E-state index contributed by atoms with van der Waals surface area (Å²) in [7, 11) is 0. The van der Waals surface area contributed by atoms with Crippen LogP contribution >= 0.6 is 0 Å². The summed E-state index contributed by atoms with van der Waals surface area (Å²) in [4.78, 5) is 27.3. The Labute approximate surface area is 168 Å². The van der Waals surface area contributed by atoms with E-state index in [0.717, 1.165) is 16.7 Å². The van der Waals surface area contributed by atoms with Gasteiger partial charge >= 0.3 is 0 Å².